The van der Waals surface area contributed by atoms with Crippen LogP contribution in [0.2, 0.25) is 0 Å². The molecular weight excluding hydrogens is 334 g/mol. The maximum Gasteiger partial charge on any atom is 0.242 e. The number of rotatable bonds is 10. The highest BCUT2D eigenvalue weighted by atomic mass is 16.2. The predicted octanol–water partition coefficient (Wildman–Crippen LogP) is -0.593. The molecule has 0 spiro atoms. The van der Waals surface area contributed by atoms with Crippen molar-refractivity contribution in [1.29, 1.82) is 0 Å². The highest BCUT2D eigenvalue weighted by molar-refractivity contribution is 5.87. The number of nitrogens with zero attached hydrogens (tertiary/aromatic N) is 2. The zero-order valence-corrected chi connectivity index (χ0v) is 16.6. The minimum Gasteiger partial charge on any atom is -0.355 e. The second kappa shape index (κ2) is 11.9. The third-order valence-electron chi connectivity index (χ3n) is 4.23. The minimum absolute atomic E-state index is 0.0526. The Balaban J connectivity index is 2.23. The molecule has 8 nitrogen and oxygen atoms in total. The summed E-state index contributed by atoms with van der Waals surface area (Å²) in [5, 5.41) is 8.43. The maximum absolute atomic E-state index is 12.1. The Morgan fingerprint density at radius 1 is 0.885 bits per heavy atom. The van der Waals surface area contributed by atoms with Crippen molar-refractivity contribution >= 4 is 17.7 Å². The molecule has 1 rings (SSSR count). The first-order chi connectivity index (χ1) is 12.3. The summed E-state index contributed by atoms with van der Waals surface area (Å²) in [5.41, 5.74) is 0. The molecule has 8 heteroatoms. The number of carbonyl (C=O) groups excluding carboxylic acids is 3. The van der Waals surface area contributed by atoms with E-state index in [0.29, 0.717) is 25.6 Å². The van der Waals surface area contributed by atoms with E-state index in [0.717, 1.165) is 32.6 Å². The van der Waals surface area contributed by atoms with E-state index < -0.39 is 6.04 Å². The largest absolute Gasteiger partial charge is 0.355 e. The Bertz CT molecular complexity index is 462. The predicted molar refractivity (Wildman–Crippen MR) is 102 cm³/mol. The third kappa shape index (κ3) is 9.15. The van der Waals surface area contributed by atoms with Crippen LogP contribution < -0.4 is 16.0 Å². The lowest BCUT2D eigenvalue weighted by Gasteiger charge is -2.34. The molecule has 0 saturated carbocycles. The lowest BCUT2D eigenvalue weighted by molar-refractivity contribution is -0.129. The molecule has 3 N–H and O–H groups in total. The van der Waals surface area contributed by atoms with Crippen molar-refractivity contribution in [2.24, 2.45) is 5.92 Å². The van der Waals surface area contributed by atoms with Crippen LogP contribution in [0.5, 0.6) is 0 Å². The van der Waals surface area contributed by atoms with Gasteiger partial charge in [-0.3, -0.25) is 24.2 Å². The maximum atomic E-state index is 12.1. The molecule has 1 atom stereocenters. The number of hydrogen-bond acceptors (Lipinski definition) is 5. The van der Waals surface area contributed by atoms with Crippen LogP contribution in [0.1, 0.15) is 34.1 Å². The van der Waals surface area contributed by atoms with Crippen LogP contribution in [0, 0.1) is 5.92 Å². The van der Waals surface area contributed by atoms with Gasteiger partial charge in [0.05, 0.1) is 13.1 Å². The first kappa shape index (κ1) is 22.4. The van der Waals surface area contributed by atoms with Crippen LogP contribution in [0.4, 0.5) is 0 Å². The Labute approximate surface area is 157 Å². The molecule has 1 saturated heterocycles. The van der Waals surface area contributed by atoms with Gasteiger partial charge in [-0.05, 0) is 19.3 Å². The molecule has 0 bridgehead atoms. The van der Waals surface area contributed by atoms with E-state index in [4.69, 9.17) is 0 Å². The number of amides is 3. The summed E-state index contributed by atoms with van der Waals surface area (Å²) in [7, 11) is 0. The van der Waals surface area contributed by atoms with E-state index in [1.165, 1.54) is 0 Å². The zero-order valence-electron chi connectivity index (χ0n) is 16.6. The van der Waals surface area contributed by atoms with Crippen LogP contribution in [-0.2, 0) is 14.4 Å². The van der Waals surface area contributed by atoms with E-state index in [9.17, 15) is 14.4 Å². The molecular formula is C18H35N5O3. The smallest absolute Gasteiger partial charge is 0.242 e. The molecule has 3 amide bonds. The Morgan fingerprint density at radius 3 is 1.92 bits per heavy atom. The van der Waals surface area contributed by atoms with Gasteiger partial charge in [-0.15, -0.1) is 0 Å². The van der Waals surface area contributed by atoms with E-state index in [1.54, 1.807) is 6.92 Å². The van der Waals surface area contributed by atoms with Gasteiger partial charge in [0.25, 0.3) is 0 Å². The molecule has 0 radical (unpaired) electrons. The minimum atomic E-state index is -0.528. The summed E-state index contributed by atoms with van der Waals surface area (Å²) in [5.74, 6) is 0.197. The first-order valence-electron chi connectivity index (χ1n) is 9.60. The van der Waals surface area contributed by atoms with Gasteiger partial charge in [-0.25, -0.2) is 0 Å². The average Bonchev–Trinajstić information content (AvgIpc) is 2.59. The van der Waals surface area contributed by atoms with Crippen molar-refractivity contribution in [3.8, 4) is 0 Å². The van der Waals surface area contributed by atoms with Gasteiger partial charge in [-0.2, -0.15) is 0 Å². The van der Waals surface area contributed by atoms with Gasteiger partial charge in [0.1, 0.15) is 6.04 Å². The second-order valence-corrected chi connectivity index (χ2v) is 7.33. The molecule has 1 heterocycles. The summed E-state index contributed by atoms with van der Waals surface area (Å²) in [6.07, 6.45) is 0.867. The van der Waals surface area contributed by atoms with Gasteiger partial charge in [0.15, 0.2) is 0 Å². The van der Waals surface area contributed by atoms with Crippen LogP contribution in [0.3, 0.4) is 0 Å². The molecule has 1 aliphatic heterocycles. The van der Waals surface area contributed by atoms with Crippen LogP contribution in [0.25, 0.3) is 0 Å². The second-order valence-electron chi connectivity index (χ2n) is 7.33. The summed E-state index contributed by atoms with van der Waals surface area (Å²) >= 11 is 0. The molecule has 1 fully saturated rings. The fourth-order valence-electron chi connectivity index (χ4n) is 2.64. The lowest BCUT2D eigenvalue weighted by atomic mass is 10.2. The topological polar surface area (TPSA) is 93.8 Å². The van der Waals surface area contributed by atoms with Gasteiger partial charge < -0.3 is 16.0 Å². The molecule has 150 valence electrons. The summed E-state index contributed by atoms with van der Waals surface area (Å²) < 4.78 is 0. The molecule has 0 unspecified atom stereocenters. The van der Waals surface area contributed by atoms with Gasteiger partial charge in [0, 0.05) is 39.3 Å². The lowest BCUT2D eigenvalue weighted by Crippen LogP contribution is -2.53. The molecule has 0 aromatic carbocycles. The normalized spacial score (nSPS) is 17.0. The Morgan fingerprint density at radius 2 is 1.42 bits per heavy atom. The van der Waals surface area contributed by atoms with Crippen LogP contribution >= 0.6 is 0 Å². The zero-order chi connectivity index (χ0) is 19.5. The van der Waals surface area contributed by atoms with E-state index in [-0.39, 0.29) is 24.3 Å². The molecule has 0 aromatic rings. The molecule has 26 heavy (non-hydrogen) atoms. The highest BCUT2D eigenvalue weighted by Crippen LogP contribution is 2.01. The van der Waals surface area contributed by atoms with Gasteiger partial charge in [-0.1, -0.05) is 20.8 Å². The SMILES string of the molecule is CCCNC(=O)[C@H](C)NC(=O)CN1CCN(CC(=O)NCC(C)C)CC1. The van der Waals surface area contributed by atoms with Crippen molar-refractivity contribution < 1.29 is 14.4 Å². The highest BCUT2D eigenvalue weighted by Gasteiger charge is 2.22. The van der Waals surface area contributed by atoms with Gasteiger partial charge in [0.2, 0.25) is 17.7 Å². The summed E-state index contributed by atoms with van der Waals surface area (Å²) in [4.78, 5) is 39.9. The first-order valence-corrected chi connectivity index (χ1v) is 9.60. The van der Waals surface area contributed by atoms with Crippen molar-refractivity contribution in [1.82, 2.24) is 25.8 Å². The molecule has 0 aliphatic carbocycles. The van der Waals surface area contributed by atoms with E-state index >= 15 is 0 Å². The van der Waals surface area contributed by atoms with E-state index in [1.807, 2.05) is 6.92 Å². The summed E-state index contributed by atoms with van der Waals surface area (Å²) in [6.45, 7) is 12.8. The fourth-order valence-corrected chi connectivity index (χ4v) is 2.64. The number of carbonyl (C=O) groups is 3. The average molecular weight is 370 g/mol. The molecule has 0 aromatic heterocycles. The van der Waals surface area contributed by atoms with Crippen LogP contribution in [0.15, 0.2) is 0 Å². The van der Waals surface area contributed by atoms with Crippen molar-refractivity contribution in [2.75, 3.05) is 52.4 Å². The third-order valence-corrected chi connectivity index (χ3v) is 4.23. The molecule has 1 aliphatic rings. The van der Waals surface area contributed by atoms with Crippen molar-refractivity contribution in [3.63, 3.8) is 0 Å². The van der Waals surface area contributed by atoms with Crippen molar-refractivity contribution in [3.05, 3.63) is 0 Å². The fraction of sp³-hybridized carbons (Fsp3) is 0.833. The monoisotopic (exact) mass is 369 g/mol. The number of nitrogens with one attached hydrogen (secondary N) is 3. The van der Waals surface area contributed by atoms with Crippen LogP contribution in [-0.4, -0.2) is 85.9 Å². The number of hydrogen-bond donors (Lipinski definition) is 3. The standard InChI is InChI=1S/C18H35N5O3/c1-5-6-19-18(26)15(4)21-17(25)13-23-9-7-22(8-10-23)12-16(24)20-11-14(2)3/h14-15H,5-13H2,1-4H3,(H,19,26)(H,20,24)(H,21,25)/t15-/m0/s1. The quantitative estimate of drug-likeness (QED) is 0.478. The number of piperazine rings is 1. The summed E-state index contributed by atoms with van der Waals surface area (Å²) in [6, 6.07) is -0.528. The Hall–Kier alpha value is -1.67. The van der Waals surface area contributed by atoms with E-state index in [2.05, 4.69) is 39.6 Å². The van der Waals surface area contributed by atoms with Crippen molar-refractivity contribution in [2.45, 2.75) is 40.2 Å². The van der Waals surface area contributed by atoms with Gasteiger partial charge >= 0.3 is 0 Å². The Kier molecular flexibility index (Phi) is 10.2.